The second-order valence-corrected chi connectivity index (χ2v) is 9.15. The Balaban J connectivity index is 1.34. The maximum atomic E-state index is 12.7. The normalized spacial score (nSPS) is 15.6. The van der Waals surface area contributed by atoms with Crippen molar-refractivity contribution in [2.45, 2.75) is 18.9 Å². The van der Waals surface area contributed by atoms with E-state index in [1.54, 1.807) is 40.5 Å². The van der Waals surface area contributed by atoms with E-state index in [9.17, 15) is 14.7 Å². The fourth-order valence-electron chi connectivity index (χ4n) is 4.38. The lowest BCUT2D eigenvalue weighted by atomic mass is 10.0. The molecule has 0 bridgehead atoms. The number of fused-ring (bicyclic) bond motifs is 1. The summed E-state index contributed by atoms with van der Waals surface area (Å²) in [6, 6.07) is 18.5. The van der Waals surface area contributed by atoms with E-state index < -0.39 is 6.10 Å². The molecule has 0 radical (unpaired) electrons. The van der Waals surface area contributed by atoms with Crippen LogP contribution in [0.3, 0.4) is 0 Å². The van der Waals surface area contributed by atoms with Gasteiger partial charge in [0.05, 0.1) is 6.10 Å². The molecule has 5 rings (SSSR count). The number of hydrogen-bond acceptors (Lipinski definition) is 6. The van der Waals surface area contributed by atoms with Gasteiger partial charge in [0.25, 0.3) is 11.8 Å². The van der Waals surface area contributed by atoms with Gasteiger partial charge in [-0.2, -0.15) is 4.98 Å². The van der Waals surface area contributed by atoms with Gasteiger partial charge in [0.2, 0.25) is 5.95 Å². The van der Waals surface area contributed by atoms with Crippen molar-refractivity contribution in [3.63, 3.8) is 0 Å². The van der Waals surface area contributed by atoms with E-state index >= 15 is 0 Å². The number of aliphatic hydroxyl groups is 1. The molecule has 1 saturated heterocycles. The second kappa shape index (κ2) is 9.79. The van der Waals surface area contributed by atoms with Crippen LogP contribution in [0.15, 0.2) is 66.9 Å². The summed E-state index contributed by atoms with van der Waals surface area (Å²) in [7, 11) is 3.46. The topological polar surface area (TPSA) is 103 Å². The number of piperidine rings is 1. The predicted molar refractivity (Wildman–Crippen MR) is 137 cm³/mol. The van der Waals surface area contributed by atoms with Crippen LogP contribution in [0.2, 0.25) is 0 Å². The molecule has 2 amide bonds. The molecule has 0 saturated carbocycles. The van der Waals surface area contributed by atoms with E-state index in [0.29, 0.717) is 35.8 Å². The van der Waals surface area contributed by atoms with Crippen LogP contribution in [-0.2, 0) is 0 Å². The third-order valence-electron chi connectivity index (χ3n) is 6.28. The van der Waals surface area contributed by atoms with Gasteiger partial charge in [-0.15, -0.1) is 5.10 Å². The fraction of sp³-hybridized carbons (Fsp3) is 0.259. The van der Waals surface area contributed by atoms with Gasteiger partial charge in [0.15, 0.2) is 5.65 Å². The maximum absolute atomic E-state index is 12.7. The van der Waals surface area contributed by atoms with Gasteiger partial charge in [-0.05, 0) is 66.9 Å². The lowest BCUT2D eigenvalue weighted by Crippen LogP contribution is -2.42. The Morgan fingerprint density at radius 2 is 1.75 bits per heavy atom. The van der Waals surface area contributed by atoms with Gasteiger partial charge in [-0.25, -0.2) is 4.52 Å². The first-order chi connectivity index (χ1) is 17.4. The molecule has 3 heterocycles. The predicted octanol–water partition coefficient (Wildman–Crippen LogP) is 3.44. The Morgan fingerprint density at radius 1 is 1.03 bits per heavy atom. The average Bonchev–Trinajstić information content (AvgIpc) is 3.31. The molecule has 2 aromatic heterocycles. The summed E-state index contributed by atoms with van der Waals surface area (Å²) >= 11 is 0. The van der Waals surface area contributed by atoms with E-state index in [2.05, 4.69) is 15.4 Å². The zero-order valence-electron chi connectivity index (χ0n) is 20.3. The number of benzene rings is 2. The molecule has 1 aliphatic rings. The first-order valence-corrected chi connectivity index (χ1v) is 11.9. The van der Waals surface area contributed by atoms with Gasteiger partial charge in [0.1, 0.15) is 0 Å². The number of anilines is 2. The summed E-state index contributed by atoms with van der Waals surface area (Å²) in [5, 5.41) is 17.6. The zero-order chi connectivity index (χ0) is 25.2. The quantitative estimate of drug-likeness (QED) is 0.450. The SMILES string of the molecule is CN(C)C(=O)c1ccc(-c2cccn3nc(Nc4ccc(C(=O)N5CCC[C@@H](O)C5)cc4)nc23)cc1. The molecule has 2 aromatic carbocycles. The maximum Gasteiger partial charge on any atom is 0.253 e. The number of pyridine rings is 1. The number of amides is 2. The molecule has 1 atom stereocenters. The number of carbonyl (C=O) groups excluding carboxylic acids is 2. The first-order valence-electron chi connectivity index (χ1n) is 11.9. The summed E-state index contributed by atoms with van der Waals surface area (Å²) in [6.45, 7) is 1.04. The van der Waals surface area contributed by atoms with Crippen molar-refractivity contribution >= 4 is 29.1 Å². The smallest absolute Gasteiger partial charge is 0.253 e. The molecular formula is C27H28N6O3. The molecule has 9 nitrogen and oxygen atoms in total. The number of hydrogen-bond donors (Lipinski definition) is 2. The highest BCUT2D eigenvalue weighted by Gasteiger charge is 2.23. The van der Waals surface area contributed by atoms with Crippen molar-refractivity contribution in [3.05, 3.63) is 78.0 Å². The Labute approximate surface area is 209 Å². The van der Waals surface area contributed by atoms with Gasteiger partial charge >= 0.3 is 0 Å². The van der Waals surface area contributed by atoms with Crippen LogP contribution in [-0.4, -0.2) is 74.6 Å². The molecule has 36 heavy (non-hydrogen) atoms. The first kappa shape index (κ1) is 23.5. The number of likely N-dealkylation sites (tertiary alicyclic amines) is 1. The lowest BCUT2D eigenvalue weighted by Gasteiger charge is -2.30. The average molecular weight is 485 g/mol. The van der Waals surface area contributed by atoms with E-state index in [-0.39, 0.29) is 11.8 Å². The summed E-state index contributed by atoms with van der Waals surface area (Å²) < 4.78 is 1.70. The standard InChI is InChI=1S/C27H28N6O3/c1-31(2)25(35)19-9-7-18(8-10-19)23-6-4-16-33-24(23)29-27(30-33)28-21-13-11-20(12-14-21)26(36)32-15-3-5-22(34)17-32/h4,6-14,16,22,34H,3,5,15,17H2,1-2H3,(H,28,30)/t22-/m1/s1. The number of aliphatic hydroxyl groups excluding tert-OH is 1. The Bertz CT molecular complexity index is 1400. The van der Waals surface area contributed by atoms with Crippen LogP contribution >= 0.6 is 0 Å². The Morgan fingerprint density at radius 3 is 2.44 bits per heavy atom. The van der Waals surface area contributed by atoms with Crippen LogP contribution < -0.4 is 5.32 Å². The molecule has 1 aliphatic heterocycles. The van der Waals surface area contributed by atoms with Crippen molar-refractivity contribution in [1.29, 1.82) is 0 Å². The van der Waals surface area contributed by atoms with Crippen molar-refractivity contribution in [3.8, 4) is 11.1 Å². The number of nitrogens with one attached hydrogen (secondary N) is 1. The highest BCUT2D eigenvalue weighted by Crippen LogP contribution is 2.26. The molecule has 2 N–H and O–H groups in total. The van der Waals surface area contributed by atoms with Crippen molar-refractivity contribution in [2.75, 3.05) is 32.5 Å². The minimum absolute atomic E-state index is 0.0463. The van der Waals surface area contributed by atoms with E-state index in [4.69, 9.17) is 0 Å². The third-order valence-corrected chi connectivity index (χ3v) is 6.28. The summed E-state index contributed by atoms with van der Waals surface area (Å²) in [5.74, 6) is 0.309. The molecule has 184 valence electrons. The van der Waals surface area contributed by atoms with Gasteiger partial charge in [-0.1, -0.05) is 12.1 Å². The molecule has 9 heteroatoms. The monoisotopic (exact) mass is 484 g/mol. The largest absolute Gasteiger partial charge is 0.391 e. The highest BCUT2D eigenvalue weighted by molar-refractivity contribution is 5.95. The molecular weight excluding hydrogens is 456 g/mol. The Kier molecular flexibility index (Phi) is 6.39. The number of nitrogens with zero attached hydrogens (tertiary/aromatic N) is 5. The number of carbonyl (C=O) groups is 2. The minimum Gasteiger partial charge on any atom is -0.391 e. The van der Waals surface area contributed by atoms with Crippen molar-refractivity contribution in [1.82, 2.24) is 24.4 Å². The third kappa shape index (κ3) is 4.78. The van der Waals surface area contributed by atoms with Gasteiger partial charge < -0.3 is 20.2 Å². The van der Waals surface area contributed by atoms with Crippen LogP contribution in [0.25, 0.3) is 16.8 Å². The Hall–Kier alpha value is -4.24. The van der Waals surface area contributed by atoms with Crippen LogP contribution in [0.4, 0.5) is 11.6 Å². The van der Waals surface area contributed by atoms with Crippen LogP contribution in [0.5, 0.6) is 0 Å². The molecule has 0 unspecified atom stereocenters. The lowest BCUT2D eigenvalue weighted by molar-refractivity contribution is 0.0474. The number of β-amino-alcohol motifs (C(OH)–C–C–N with tert-alkyl or cyclic N) is 1. The van der Waals surface area contributed by atoms with Crippen molar-refractivity contribution < 1.29 is 14.7 Å². The zero-order valence-corrected chi connectivity index (χ0v) is 20.3. The summed E-state index contributed by atoms with van der Waals surface area (Å²) in [6.07, 6.45) is 2.93. The highest BCUT2D eigenvalue weighted by atomic mass is 16.3. The number of aromatic nitrogens is 3. The van der Waals surface area contributed by atoms with Crippen LogP contribution in [0, 0.1) is 0 Å². The molecule has 0 spiro atoms. The second-order valence-electron chi connectivity index (χ2n) is 9.15. The van der Waals surface area contributed by atoms with Crippen molar-refractivity contribution in [2.24, 2.45) is 0 Å². The van der Waals surface area contributed by atoms with Gasteiger partial charge in [-0.3, -0.25) is 9.59 Å². The molecule has 1 fully saturated rings. The minimum atomic E-state index is -0.451. The van der Waals surface area contributed by atoms with Gasteiger partial charge in [0, 0.05) is 55.8 Å². The summed E-state index contributed by atoms with van der Waals surface area (Å²) in [4.78, 5) is 32.9. The number of rotatable bonds is 5. The van der Waals surface area contributed by atoms with E-state index in [1.165, 1.54) is 0 Å². The van der Waals surface area contributed by atoms with Crippen LogP contribution in [0.1, 0.15) is 33.6 Å². The fourth-order valence-corrected chi connectivity index (χ4v) is 4.38. The van der Waals surface area contributed by atoms with E-state index in [0.717, 1.165) is 29.7 Å². The van der Waals surface area contributed by atoms with E-state index in [1.807, 2.05) is 54.7 Å². The summed E-state index contributed by atoms with van der Waals surface area (Å²) in [5.41, 5.74) is 4.47. The molecule has 4 aromatic rings. The molecule has 0 aliphatic carbocycles.